The van der Waals surface area contributed by atoms with Crippen LogP contribution in [0.15, 0.2) is 42.6 Å². The lowest BCUT2D eigenvalue weighted by Crippen LogP contribution is -2.31. The molecular weight excluding hydrogens is 288 g/mol. The van der Waals surface area contributed by atoms with Crippen molar-refractivity contribution in [3.05, 3.63) is 59.4 Å². The molecule has 0 radical (unpaired) electrons. The highest BCUT2D eigenvalue weighted by atomic mass is 16.1. The molecule has 0 aliphatic carbocycles. The van der Waals surface area contributed by atoms with Crippen LogP contribution >= 0.6 is 0 Å². The first-order valence-electron chi connectivity index (χ1n) is 7.73. The van der Waals surface area contributed by atoms with Gasteiger partial charge in [0.1, 0.15) is 5.69 Å². The van der Waals surface area contributed by atoms with Gasteiger partial charge in [-0.05, 0) is 44.3 Å². The lowest BCUT2D eigenvalue weighted by Gasteiger charge is -2.11. The number of anilines is 1. The molecule has 1 aromatic heterocycles. The first kappa shape index (κ1) is 17.0. The Morgan fingerprint density at radius 1 is 1.22 bits per heavy atom. The van der Waals surface area contributed by atoms with Crippen molar-refractivity contribution >= 4 is 11.6 Å². The molecule has 0 unspecified atom stereocenters. The number of carbonyl (C=O) groups excluding carboxylic acids is 1. The molecule has 0 aliphatic heterocycles. The van der Waals surface area contributed by atoms with Gasteiger partial charge in [0.2, 0.25) is 0 Å². The Labute approximate surface area is 137 Å². The van der Waals surface area contributed by atoms with E-state index in [2.05, 4.69) is 34.7 Å². The zero-order chi connectivity index (χ0) is 16.7. The van der Waals surface area contributed by atoms with E-state index >= 15 is 0 Å². The number of carbonyl (C=O) groups is 1. The maximum Gasteiger partial charge on any atom is 0.269 e. The Bertz CT molecular complexity index is 655. The van der Waals surface area contributed by atoms with Gasteiger partial charge in [0, 0.05) is 31.5 Å². The zero-order valence-electron chi connectivity index (χ0n) is 14.0. The summed E-state index contributed by atoms with van der Waals surface area (Å²) in [6, 6.07) is 11.9. The topological polar surface area (TPSA) is 57.3 Å². The van der Waals surface area contributed by atoms with Gasteiger partial charge in [-0.3, -0.25) is 9.78 Å². The van der Waals surface area contributed by atoms with E-state index in [1.54, 1.807) is 12.3 Å². The van der Waals surface area contributed by atoms with Crippen molar-refractivity contribution in [2.24, 2.45) is 0 Å². The van der Waals surface area contributed by atoms with Crippen LogP contribution in [0, 0.1) is 6.92 Å². The quantitative estimate of drug-likeness (QED) is 0.823. The standard InChI is InChI=1S/C18H24N4O/c1-14-6-4-5-7-15(14)13-21-16-8-9-19-17(12-16)18(23)20-10-11-22(2)3/h4-9,12H,10-11,13H2,1-3H3,(H,19,21)(H,20,23). The van der Waals surface area contributed by atoms with Crippen LogP contribution in [0.5, 0.6) is 0 Å². The van der Waals surface area contributed by atoms with Gasteiger partial charge in [0.05, 0.1) is 0 Å². The van der Waals surface area contributed by atoms with Crippen molar-refractivity contribution in [2.75, 3.05) is 32.5 Å². The van der Waals surface area contributed by atoms with Gasteiger partial charge < -0.3 is 15.5 Å². The third kappa shape index (κ3) is 5.38. The number of nitrogens with zero attached hydrogens (tertiary/aromatic N) is 2. The fraction of sp³-hybridized carbons (Fsp3) is 0.333. The minimum absolute atomic E-state index is 0.147. The number of hydrogen-bond acceptors (Lipinski definition) is 4. The highest BCUT2D eigenvalue weighted by molar-refractivity contribution is 5.93. The minimum Gasteiger partial charge on any atom is -0.381 e. The summed E-state index contributed by atoms with van der Waals surface area (Å²) in [6.45, 7) is 4.22. The lowest BCUT2D eigenvalue weighted by molar-refractivity contribution is 0.0946. The third-order valence-corrected chi connectivity index (χ3v) is 3.58. The highest BCUT2D eigenvalue weighted by Crippen LogP contribution is 2.12. The van der Waals surface area contributed by atoms with Crippen LogP contribution in [0.1, 0.15) is 21.6 Å². The highest BCUT2D eigenvalue weighted by Gasteiger charge is 2.07. The molecule has 2 N–H and O–H groups in total. The van der Waals surface area contributed by atoms with Crippen molar-refractivity contribution in [1.29, 1.82) is 0 Å². The summed E-state index contributed by atoms with van der Waals surface area (Å²) in [7, 11) is 3.95. The largest absolute Gasteiger partial charge is 0.381 e. The average molecular weight is 312 g/mol. The van der Waals surface area contributed by atoms with Crippen LogP contribution in [0.2, 0.25) is 0 Å². The smallest absolute Gasteiger partial charge is 0.269 e. The van der Waals surface area contributed by atoms with Gasteiger partial charge in [-0.25, -0.2) is 0 Å². The lowest BCUT2D eigenvalue weighted by atomic mass is 10.1. The second-order valence-electron chi connectivity index (χ2n) is 5.77. The van der Waals surface area contributed by atoms with E-state index in [-0.39, 0.29) is 5.91 Å². The fourth-order valence-electron chi connectivity index (χ4n) is 2.15. The molecule has 0 saturated heterocycles. The van der Waals surface area contributed by atoms with Crippen LogP contribution < -0.4 is 10.6 Å². The predicted octanol–water partition coefficient (Wildman–Crippen LogP) is 2.29. The number of nitrogens with one attached hydrogen (secondary N) is 2. The van der Waals surface area contributed by atoms with Crippen LogP contribution in [0.3, 0.4) is 0 Å². The SMILES string of the molecule is Cc1ccccc1CNc1ccnc(C(=O)NCCN(C)C)c1. The predicted molar refractivity (Wildman–Crippen MR) is 93.6 cm³/mol. The summed E-state index contributed by atoms with van der Waals surface area (Å²) in [4.78, 5) is 18.3. The van der Waals surface area contributed by atoms with Crippen LogP contribution in [0.25, 0.3) is 0 Å². The van der Waals surface area contributed by atoms with Gasteiger partial charge in [0.15, 0.2) is 0 Å². The van der Waals surface area contributed by atoms with Gasteiger partial charge in [-0.2, -0.15) is 0 Å². The van der Waals surface area contributed by atoms with Crippen molar-refractivity contribution < 1.29 is 4.79 Å². The molecule has 5 heteroatoms. The number of pyridine rings is 1. The molecule has 0 spiro atoms. The minimum atomic E-state index is -0.147. The molecule has 122 valence electrons. The van der Waals surface area contributed by atoms with Crippen molar-refractivity contribution in [1.82, 2.24) is 15.2 Å². The number of aromatic nitrogens is 1. The summed E-state index contributed by atoms with van der Waals surface area (Å²) in [6.07, 6.45) is 1.65. The van der Waals surface area contributed by atoms with Gasteiger partial charge >= 0.3 is 0 Å². The Hall–Kier alpha value is -2.40. The van der Waals surface area contributed by atoms with Crippen LogP contribution in [-0.2, 0) is 6.54 Å². The molecule has 0 fully saturated rings. The molecule has 0 bridgehead atoms. The van der Waals surface area contributed by atoms with Gasteiger partial charge in [-0.1, -0.05) is 24.3 Å². The molecule has 5 nitrogen and oxygen atoms in total. The molecule has 1 aromatic carbocycles. The second-order valence-corrected chi connectivity index (χ2v) is 5.77. The van der Waals surface area contributed by atoms with Crippen LogP contribution in [0.4, 0.5) is 5.69 Å². The van der Waals surface area contributed by atoms with Crippen molar-refractivity contribution in [3.8, 4) is 0 Å². The van der Waals surface area contributed by atoms with Crippen molar-refractivity contribution in [2.45, 2.75) is 13.5 Å². The molecule has 0 atom stereocenters. The Balaban J connectivity index is 1.94. The van der Waals surface area contributed by atoms with E-state index in [4.69, 9.17) is 0 Å². The van der Waals surface area contributed by atoms with E-state index in [0.29, 0.717) is 12.2 Å². The molecule has 0 saturated carbocycles. The van der Waals surface area contributed by atoms with E-state index in [1.165, 1.54) is 11.1 Å². The molecule has 1 amide bonds. The Morgan fingerprint density at radius 2 is 2.00 bits per heavy atom. The Kier molecular flexibility index (Phi) is 6.11. The number of hydrogen-bond donors (Lipinski definition) is 2. The number of likely N-dealkylation sites (N-methyl/N-ethyl adjacent to an activating group) is 1. The summed E-state index contributed by atoms with van der Waals surface area (Å²) >= 11 is 0. The summed E-state index contributed by atoms with van der Waals surface area (Å²) in [5.41, 5.74) is 3.80. The average Bonchev–Trinajstić information content (AvgIpc) is 2.54. The summed E-state index contributed by atoms with van der Waals surface area (Å²) < 4.78 is 0. The normalized spacial score (nSPS) is 10.6. The molecule has 23 heavy (non-hydrogen) atoms. The van der Waals surface area contributed by atoms with Crippen molar-refractivity contribution in [3.63, 3.8) is 0 Å². The monoisotopic (exact) mass is 312 g/mol. The number of benzene rings is 1. The fourth-order valence-corrected chi connectivity index (χ4v) is 2.15. The van der Waals surface area contributed by atoms with E-state index < -0.39 is 0 Å². The first-order chi connectivity index (χ1) is 11.1. The number of aryl methyl sites for hydroxylation is 1. The van der Waals surface area contributed by atoms with Gasteiger partial charge in [-0.15, -0.1) is 0 Å². The molecule has 2 aromatic rings. The maximum atomic E-state index is 12.1. The first-order valence-corrected chi connectivity index (χ1v) is 7.73. The van der Waals surface area contributed by atoms with E-state index in [9.17, 15) is 4.79 Å². The van der Waals surface area contributed by atoms with E-state index in [1.807, 2.05) is 37.2 Å². The van der Waals surface area contributed by atoms with E-state index in [0.717, 1.165) is 18.8 Å². The Morgan fingerprint density at radius 3 is 2.74 bits per heavy atom. The molecule has 1 heterocycles. The maximum absolute atomic E-state index is 12.1. The summed E-state index contributed by atoms with van der Waals surface area (Å²) in [5.74, 6) is -0.147. The van der Waals surface area contributed by atoms with Gasteiger partial charge in [0.25, 0.3) is 5.91 Å². The third-order valence-electron chi connectivity index (χ3n) is 3.58. The molecule has 0 aliphatic rings. The van der Waals surface area contributed by atoms with Crippen LogP contribution in [-0.4, -0.2) is 43.0 Å². The zero-order valence-corrected chi connectivity index (χ0v) is 14.0. The molecule has 2 rings (SSSR count). The number of rotatable bonds is 7. The number of amides is 1. The second kappa shape index (κ2) is 8.29. The summed E-state index contributed by atoms with van der Waals surface area (Å²) in [5, 5.41) is 6.21. The molecular formula is C18H24N4O.